The van der Waals surface area contributed by atoms with Crippen LogP contribution < -0.4 is 9.47 Å². The van der Waals surface area contributed by atoms with Gasteiger partial charge in [-0.25, -0.2) is 0 Å². The smallest absolute Gasteiger partial charge is 0.340 e. The van der Waals surface area contributed by atoms with Gasteiger partial charge in [-0.05, 0) is 75.1 Å². The minimum atomic E-state index is -3.08. The standard InChI is InChI=1S/C23H33O5PS/c1-8-26-29(24,27-9-2)15-30-20-12-17(5)23(18(6)13-20)28-19-10-11-22(25-7)21(14-19)16(3)4/h10-14,16H,8-9,15H2,1-7H3. The molecule has 7 heteroatoms. The van der Waals surface area contributed by atoms with Crippen molar-refractivity contribution in [2.24, 2.45) is 0 Å². The first kappa shape index (κ1) is 24.8. The van der Waals surface area contributed by atoms with E-state index in [0.29, 0.717) is 19.1 Å². The Balaban J connectivity index is 2.21. The molecule has 0 aromatic heterocycles. The van der Waals surface area contributed by atoms with E-state index in [0.717, 1.165) is 38.8 Å². The lowest BCUT2D eigenvalue weighted by Gasteiger charge is -2.18. The summed E-state index contributed by atoms with van der Waals surface area (Å²) < 4.78 is 35.2. The third-order valence-corrected chi connectivity index (χ3v) is 8.17. The molecule has 30 heavy (non-hydrogen) atoms. The largest absolute Gasteiger partial charge is 0.496 e. The van der Waals surface area contributed by atoms with E-state index in [9.17, 15) is 4.57 Å². The van der Waals surface area contributed by atoms with Crippen molar-refractivity contribution in [3.8, 4) is 17.2 Å². The van der Waals surface area contributed by atoms with E-state index < -0.39 is 7.60 Å². The molecule has 0 spiro atoms. The molecule has 0 atom stereocenters. The number of rotatable bonds is 11. The molecule has 2 aromatic rings. The van der Waals surface area contributed by atoms with Gasteiger partial charge in [0.1, 0.15) is 22.7 Å². The molecule has 0 N–H and O–H groups in total. The van der Waals surface area contributed by atoms with Crippen LogP contribution >= 0.6 is 19.4 Å². The Bertz CT molecular complexity index is 864. The van der Waals surface area contributed by atoms with Gasteiger partial charge in [0.15, 0.2) is 0 Å². The minimum absolute atomic E-state index is 0.282. The second kappa shape index (κ2) is 11.2. The molecule has 2 aromatic carbocycles. The third-order valence-electron chi connectivity index (χ3n) is 4.52. The summed E-state index contributed by atoms with van der Waals surface area (Å²) >= 11 is 1.48. The topological polar surface area (TPSA) is 54.0 Å². The summed E-state index contributed by atoms with van der Waals surface area (Å²) in [6.07, 6.45) is 0. The maximum absolute atomic E-state index is 12.7. The first-order chi connectivity index (χ1) is 14.2. The molecule has 0 aliphatic heterocycles. The maximum Gasteiger partial charge on any atom is 0.340 e. The lowest BCUT2D eigenvalue weighted by molar-refractivity contribution is 0.224. The summed E-state index contributed by atoms with van der Waals surface area (Å²) in [4.78, 5) is 1.01. The summed E-state index contributed by atoms with van der Waals surface area (Å²) in [6.45, 7) is 12.7. The van der Waals surface area contributed by atoms with E-state index >= 15 is 0 Å². The van der Waals surface area contributed by atoms with Crippen molar-refractivity contribution < 1.29 is 23.1 Å². The number of methoxy groups -OCH3 is 1. The van der Waals surface area contributed by atoms with E-state index in [4.69, 9.17) is 18.5 Å². The van der Waals surface area contributed by atoms with Gasteiger partial charge in [-0.2, -0.15) is 0 Å². The highest BCUT2D eigenvalue weighted by Crippen LogP contribution is 2.52. The fraction of sp³-hybridized carbons (Fsp3) is 0.478. The van der Waals surface area contributed by atoms with Crippen LogP contribution in [0.15, 0.2) is 35.2 Å². The summed E-state index contributed by atoms with van der Waals surface area (Å²) in [5, 5.41) is 0. The zero-order valence-electron chi connectivity index (χ0n) is 19.0. The van der Waals surface area contributed by atoms with Crippen LogP contribution in [0.5, 0.6) is 17.2 Å². The maximum atomic E-state index is 12.7. The molecule has 0 aliphatic carbocycles. The number of thioether (sulfide) groups is 1. The second-order valence-electron chi connectivity index (χ2n) is 7.27. The highest BCUT2D eigenvalue weighted by Gasteiger charge is 2.24. The van der Waals surface area contributed by atoms with E-state index in [1.54, 1.807) is 7.11 Å². The van der Waals surface area contributed by atoms with Gasteiger partial charge in [0.05, 0.1) is 20.3 Å². The quantitative estimate of drug-likeness (QED) is 0.259. The van der Waals surface area contributed by atoms with Crippen LogP contribution in [0.25, 0.3) is 0 Å². The minimum Gasteiger partial charge on any atom is -0.496 e. The molecule has 0 saturated carbocycles. The molecule has 0 fully saturated rings. The van der Waals surface area contributed by atoms with Gasteiger partial charge in [0.25, 0.3) is 0 Å². The number of benzene rings is 2. The lowest BCUT2D eigenvalue weighted by Crippen LogP contribution is -1.99. The summed E-state index contributed by atoms with van der Waals surface area (Å²) in [7, 11) is -1.40. The van der Waals surface area contributed by atoms with E-state index in [2.05, 4.69) is 13.8 Å². The predicted octanol–water partition coefficient (Wildman–Crippen LogP) is 7.54. The Kier molecular flexibility index (Phi) is 9.30. The molecule has 166 valence electrons. The van der Waals surface area contributed by atoms with Gasteiger partial charge in [-0.1, -0.05) is 13.8 Å². The molecular weight excluding hydrogens is 419 g/mol. The van der Waals surface area contributed by atoms with Gasteiger partial charge in [0, 0.05) is 10.5 Å². The van der Waals surface area contributed by atoms with E-state index in [1.165, 1.54) is 11.8 Å². The molecule has 2 rings (SSSR count). The van der Waals surface area contributed by atoms with Crippen molar-refractivity contribution in [3.05, 3.63) is 47.0 Å². The monoisotopic (exact) mass is 452 g/mol. The molecule has 0 bridgehead atoms. The van der Waals surface area contributed by atoms with Crippen molar-refractivity contribution in [2.45, 2.75) is 52.4 Å². The number of hydrogen-bond acceptors (Lipinski definition) is 6. The van der Waals surface area contributed by atoms with Crippen LogP contribution in [-0.4, -0.2) is 25.8 Å². The Morgan fingerprint density at radius 2 is 1.60 bits per heavy atom. The fourth-order valence-electron chi connectivity index (χ4n) is 3.16. The second-order valence-corrected chi connectivity index (χ2v) is 10.8. The summed E-state index contributed by atoms with van der Waals surface area (Å²) in [5.41, 5.74) is 3.42. The molecule has 0 amide bonds. The van der Waals surface area contributed by atoms with Crippen LogP contribution in [0.1, 0.15) is 50.3 Å². The molecule has 0 saturated heterocycles. The Morgan fingerprint density at radius 3 is 2.10 bits per heavy atom. The van der Waals surface area contributed by atoms with Crippen molar-refractivity contribution in [1.82, 2.24) is 0 Å². The Hall–Kier alpha value is -1.46. The molecule has 0 aliphatic rings. The first-order valence-electron chi connectivity index (χ1n) is 10.2. The highest BCUT2D eigenvalue weighted by molar-refractivity contribution is 8.04. The first-order valence-corrected chi connectivity index (χ1v) is 12.9. The van der Waals surface area contributed by atoms with Crippen molar-refractivity contribution in [2.75, 3.05) is 25.8 Å². The van der Waals surface area contributed by atoms with Gasteiger partial charge < -0.3 is 18.5 Å². The number of aryl methyl sites for hydroxylation is 2. The number of hydrogen-bond donors (Lipinski definition) is 0. The average molecular weight is 453 g/mol. The van der Waals surface area contributed by atoms with Crippen LogP contribution in [0.2, 0.25) is 0 Å². The normalized spacial score (nSPS) is 11.7. The molecule has 5 nitrogen and oxygen atoms in total. The molecule has 0 unspecified atom stereocenters. The summed E-state index contributed by atoms with van der Waals surface area (Å²) in [6, 6.07) is 9.99. The Morgan fingerprint density at radius 1 is 1.00 bits per heavy atom. The van der Waals surface area contributed by atoms with Crippen LogP contribution in [-0.2, 0) is 13.6 Å². The SMILES string of the molecule is CCOP(=O)(CSc1cc(C)c(Oc2ccc(OC)c(C(C)C)c2)c(C)c1)OCC. The van der Waals surface area contributed by atoms with E-state index in [-0.39, 0.29) is 5.49 Å². The van der Waals surface area contributed by atoms with Crippen LogP contribution in [0, 0.1) is 13.8 Å². The van der Waals surface area contributed by atoms with Gasteiger partial charge in [-0.3, -0.25) is 4.57 Å². The van der Waals surface area contributed by atoms with Gasteiger partial charge >= 0.3 is 7.60 Å². The zero-order valence-corrected chi connectivity index (χ0v) is 20.7. The number of ether oxygens (including phenoxy) is 2. The van der Waals surface area contributed by atoms with Crippen molar-refractivity contribution in [3.63, 3.8) is 0 Å². The van der Waals surface area contributed by atoms with Gasteiger partial charge in [0.2, 0.25) is 0 Å². The van der Waals surface area contributed by atoms with Crippen molar-refractivity contribution in [1.29, 1.82) is 0 Å². The third kappa shape index (κ3) is 6.52. The summed E-state index contributed by atoms with van der Waals surface area (Å²) in [5.74, 6) is 2.81. The average Bonchev–Trinajstić information content (AvgIpc) is 2.69. The zero-order chi connectivity index (χ0) is 22.3. The fourth-order valence-corrected chi connectivity index (χ4v) is 6.37. The van der Waals surface area contributed by atoms with Crippen LogP contribution in [0.3, 0.4) is 0 Å². The molecule has 0 radical (unpaired) electrons. The molecular formula is C23H33O5PS. The predicted molar refractivity (Wildman–Crippen MR) is 125 cm³/mol. The van der Waals surface area contributed by atoms with Crippen molar-refractivity contribution >= 4 is 19.4 Å². The molecule has 0 heterocycles. The lowest BCUT2D eigenvalue weighted by atomic mass is 10.0. The Labute approximate surface area is 185 Å². The highest BCUT2D eigenvalue weighted by atomic mass is 32.2. The van der Waals surface area contributed by atoms with Gasteiger partial charge in [-0.15, -0.1) is 11.8 Å². The van der Waals surface area contributed by atoms with E-state index in [1.807, 2.05) is 58.0 Å². The van der Waals surface area contributed by atoms with Crippen LogP contribution in [0.4, 0.5) is 0 Å².